The van der Waals surface area contributed by atoms with E-state index in [1.165, 1.54) is 11.3 Å². The number of nitrogens with zero attached hydrogens (tertiary/aromatic N) is 3. The second-order valence-corrected chi connectivity index (χ2v) is 5.70. The molecule has 0 bridgehead atoms. The molecule has 0 aliphatic carbocycles. The predicted octanol–water partition coefficient (Wildman–Crippen LogP) is 3.10. The van der Waals surface area contributed by atoms with Crippen molar-refractivity contribution in [1.29, 1.82) is 0 Å². The van der Waals surface area contributed by atoms with Crippen molar-refractivity contribution in [3.63, 3.8) is 0 Å². The number of aromatic nitrogens is 2. The van der Waals surface area contributed by atoms with Crippen molar-refractivity contribution < 1.29 is 10.2 Å². The first kappa shape index (κ1) is 14.3. The summed E-state index contributed by atoms with van der Waals surface area (Å²) in [5.74, 6) is 0.799. The van der Waals surface area contributed by atoms with Crippen LogP contribution in [0.1, 0.15) is 5.56 Å². The van der Waals surface area contributed by atoms with Crippen LogP contribution in [0.2, 0.25) is 0 Å². The lowest BCUT2D eigenvalue weighted by atomic mass is 10.1. The quantitative estimate of drug-likeness (QED) is 0.763. The fourth-order valence-corrected chi connectivity index (χ4v) is 3.03. The maximum Gasteiger partial charge on any atom is 0.191 e. The van der Waals surface area contributed by atoms with E-state index in [1.54, 1.807) is 25.3 Å². The van der Waals surface area contributed by atoms with Crippen molar-refractivity contribution >= 4 is 17.2 Å². The summed E-state index contributed by atoms with van der Waals surface area (Å²) < 4.78 is 1.89. The average Bonchev–Trinajstić information content (AvgIpc) is 2.87. The summed E-state index contributed by atoms with van der Waals surface area (Å²) in [4.78, 5) is 9.46. The summed E-state index contributed by atoms with van der Waals surface area (Å²) in [7, 11) is 1.88. The van der Waals surface area contributed by atoms with E-state index < -0.39 is 0 Å². The Morgan fingerprint density at radius 3 is 2.73 bits per heavy atom. The Labute approximate surface area is 131 Å². The van der Waals surface area contributed by atoms with Gasteiger partial charge >= 0.3 is 0 Å². The van der Waals surface area contributed by atoms with Gasteiger partial charge in [0.15, 0.2) is 10.6 Å². The molecule has 0 fully saturated rings. The van der Waals surface area contributed by atoms with Crippen LogP contribution < -0.4 is 4.80 Å². The molecular weight excluding hydrogens is 298 g/mol. The van der Waals surface area contributed by atoms with E-state index in [1.807, 2.05) is 35.2 Å². The minimum absolute atomic E-state index is 0.0810. The van der Waals surface area contributed by atoms with Crippen molar-refractivity contribution in [1.82, 2.24) is 9.55 Å². The summed E-state index contributed by atoms with van der Waals surface area (Å²) in [6.07, 6.45) is 1.70. The topological polar surface area (TPSA) is 70.6 Å². The van der Waals surface area contributed by atoms with Gasteiger partial charge in [-0.2, -0.15) is 0 Å². The Bertz CT molecular complexity index is 882. The van der Waals surface area contributed by atoms with E-state index in [-0.39, 0.29) is 11.5 Å². The van der Waals surface area contributed by atoms with Gasteiger partial charge < -0.3 is 14.8 Å². The Kier molecular flexibility index (Phi) is 3.68. The highest BCUT2D eigenvalue weighted by Crippen LogP contribution is 2.36. The predicted molar refractivity (Wildman–Crippen MR) is 86.3 cm³/mol. The summed E-state index contributed by atoms with van der Waals surface area (Å²) in [5.41, 5.74) is 1.96. The Balaban J connectivity index is 2.12. The molecule has 2 aromatic heterocycles. The van der Waals surface area contributed by atoms with Crippen molar-refractivity contribution in [2.75, 3.05) is 0 Å². The number of phenolic OH excluding ortho intramolecular Hbond substituents is 2. The molecule has 0 saturated carbocycles. The van der Waals surface area contributed by atoms with Crippen LogP contribution in [-0.4, -0.2) is 19.8 Å². The lowest BCUT2D eigenvalue weighted by Crippen LogP contribution is -2.11. The molecule has 112 valence electrons. The molecule has 0 saturated heterocycles. The molecule has 0 aliphatic rings. The van der Waals surface area contributed by atoms with Crippen LogP contribution in [0, 0.1) is 6.92 Å². The van der Waals surface area contributed by atoms with E-state index in [9.17, 15) is 10.2 Å². The third kappa shape index (κ3) is 2.48. The molecular formula is C16H15N3O2S. The first-order chi connectivity index (χ1) is 10.6. The molecule has 1 aromatic carbocycles. The SMILES string of the molecule is Cc1c(O)ccc(-c2cs/c(=N\c3ccccn3)n2C)c1O. The van der Waals surface area contributed by atoms with E-state index in [0.29, 0.717) is 16.9 Å². The molecule has 0 unspecified atom stereocenters. The first-order valence-electron chi connectivity index (χ1n) is 6.70. The minimum atomic E-state index is 0.0810. The zero-order valence-electron chi connectivity index (χ0n) is 12.2. The van der Waals surface area contributed by atoms with Crippen molar-refractivity contribution in [3.8, 4) is 22.8 Å². The van der Waals surface area contributed by atoms with Gasteiger partial charge in [0.25, 0.3) is 0 Å². The van der Waals surface area contributed by atoms with Crippen LogP contribution in [0.4, 0.5) is 5.82 Å². The largest absolute Gasteiger partial charge is 0.508 e. The second kappa shape index (κ2) is 5.65. The van der Waals surface area contributed by atoms with Gasteiger partial charge in [-0.15, -0.1) is 11.3 Å². The van der Waals surface area contributed by atoms with Gasteiger partial charge in [0.1, 0.15) is 11.5 Å². The highest BCUT2D eigenvalue weighted by atomic mass is 32.1. The summed E-state index contributed by atoms with van der Waals surface area (Å²) >= 11 is 1.47. The van der Waals surface area contributed by atoms with E-state index in [0.717, 1.165) is 10.5 Å². The highest BCUT2D eigenvalue weighted by molar-refractivity contribution is 7.07. The Hall–Kier alpha value is -2.60. The van der Waals surface area contributed by atoms with Crippen LogP contribution in [0.15, 0.2) is 46.9 Å². The minimum Gasteiger partial charge on any atom is -0.508 e. The van der Waals surface area contributed by atoms with Gasteiger partial charge in [0.2, 0.25) is 0 Å². The van der Waals surface area contributed by atoms with Gasteiger partial charge in [-0.1, -0.05) is 6.07 Å². The van der Waals surface area contributed by atoms with Crippen LogP contribution in [0.5, 0.6) is 11.5 Å². The first-order valence-corrected chi connectivity index (χ1v) is 7.58. The molecule has 2 N–H and O–H groups in total. The molecule has 5 nitrogen and oxygen atoms in total. The molecule has 3 rings (SSSR count). The number of thiazole rings is 1. The number of phenols is 2. The lowest BCUT2D eigenvalue weighted by molar-refractivity contribution is 0.444. The van der Waals surface area contributed by atoms with Crippen molar-refractivity contribution in [2.24, 2.45) is 12.0 Å². The smallest absolute Gasteiger partial charge is 0.191 e. The van der Waals surface area contributed by atoms with Gasteiger partial charge in [-0.3, -0.25) is 0 Å². The van der Waals surface area contributed by atoms with E-state index >= 15 is 0 Å². The fraction of sp³-hybridized carbons (Fsp3) is 0.125. The zero-order valence-corrected chi connectivity index (χ0v) is 13.0. The van der Waals surface area contributed by atoms with Gasteiger partial charge in [-0.05, 0) is 31.2 Å². The molecule has 6 heteroatoms. The maximum atomic E-state index is 10.2. The van der Waals surface area contributed by atoms with Gasteiger partial charge in [0.05, 0.1) is 5.69 Å². The number of benzene rings is 1. The molecule has 3 aromatic rings. The molecule has 0 atom stereocenters. The van der Waals surface area contributed by atoms with E-state index in [2.05, 4.69) is 9.98 Å². The second-order valence-electron chi connectivity index (χ2n) is 4.87. The van der Waals surface area contributed by atoms with Crippen molar-refractivity contribution in [2.45, 2.75) is 6.92 Å². The van der Waals surface area contributed by atoms with Crippen LogP contribution in [0.25, 0.3) is 11.3 Å². The van der Waals surface area contributed by atoms with E-state index in [4.69, 9.17) is 0 Å². The number of pyridine rings is 1. The van der Waals surface area contributed by atoms with Gasteiger partial charge in [-0.25, -0.2) is 9.98 Å². The van der Waals surface area contributed by atoms with Crippen LogP contribution >= 0.6 is 11.3 Å². The normalized spacial score (nSPS) is 11.8. The van der Waals surface area contributed by atoms with Crippen LogP contribution in [-0.2, 0) is 7.05 Å². The molecule has 0 amide bonds. The molecule has 2 heterocycles. The molecule has 22 heavy (non-hydrogen) atoms. The standard InChI is InChI=1S/C16H15N3O2S/c1-10-13(20)7-6-11(15(10)21)12-9-22-16(19(12)2)18-14-5-3-4-8-17-14/h3-9,20-21H,1-2H3/b18-16-. The van der Waals surface area contributed by atoms with Crippen molar-refractivity contribution in [3.05, 3.63) is 52.3 Å². The zero-order chi connectivity index (χ0) is 15.7. The monoisotopic (exact) mass is 313 g/mol. The molecule has 0 radical (unpaired) electrons. The fourth-order valence-electron chi connectivity index (χ4n) is 2.13. The summed E-state index contributed by atoms with van der Waals surface area (Å²) in [6, 6.07) is 8.84. The highest BCUT2D eigenvalue weighted by Gasteiger charge is 2.13. The number of rotatable bonds is 2. The Morgan fingerprint density at radius 2 is 2.00 bits per heavy atom. The lowest BCUT2D eigenvalue weighted by Gasteiger charge is -2.09. The third-order valence-corrected chi connectivity index (χ3v) is 4.38. The van der Waals surface area contributed by atoms with Gasteiger partial charge in [0, 0.05) is 29.8 Å². The van der Waals surface area contributed by atoms with Crippen LogP contribution in [0.3, 0.4) is 0 Å². The number of aromatic hydroxyl groups is 2. The summed E-state index contributed by atoms with van der Waals surface area (Å²) in [5, 5.41) is 21.8. The molecule has 0 spiro atoms. The Morgan fingerprint density at radius 1 is 1.18 bits per heavy atom. The summed E-state index contributed by atoms with van der Waals surface area (Å²) in [6.45, 7) is 1.68. The maximum absolute atomic E-state index is 10.2. The molecule has 0 aliphatic heterocycles. The third-order valence-electron chi connectivity index (χ3n) is 3.46. The number of hydrogen-bond acceptors (Lipinski definition) is 5. The number of hydrogen-bond donors (Lipinski definition) is 2. The average molecular weight is 313 g/mol.